The maximum atomic E-state index is 12.7. The zero-order valence-corrected chi connectivity index (χ0v) is 18.7. The zero-order valence-electron chi connectivity index (χ0n) is 17.9. The number of ether oxygens (including phenoxy) is 2. The SMILES string of the molecule is COC(=O)C1=C(C)NC(C)=C(C(=O)OC)C1c1ccccc1Nc1nc(C)c(C)s1. The van der Waals surface area contributed by atoms with Gasteiger partial charge < -0.3 is 20.1 Å². The molecule has 1 aliphatic heterocycles. The van der Waals surface area contributed by atoms with Crippen LogP contribution in [0.3, 0.4) is 0 Å². The Labute approximate surface area is 179 Å². The number of dihydropyridines is 1. The van der Waals surface area contributed by atoms with E-state index in [1.807, 2.05) is 38.1 Å². The second-order valence-corrected chi connectivity index (χ2v) is 8.19. The van der Waals surface area contributed by atoms with E-state index in [9.17, 15) is 9.59 Å². The lowest BCUT2D eigenvalue weighted by Crippen LogP contribution is -2.32. The van der Waals surface area contributed by atoms with Crippen molar-refractivity contribution in [2.45, 2.75) is 33.6 Å². The highest BCUT2D eigenvalue weighted by Crippen LogP contribution is 2.42. The number of benzene rings is 1. The molecule has 0 spiro atoms. The van der Waals surface area contributed by atoms with Crippen molar-refractivity contribution in [2.24, 2.45) is 0 Å². The van der Waals surface area contributed by atoms with Crippen LogP contribution < -0.4 is 10.6 Å². The minimum Gasteiger partial charge on any atom is -0.466 e. The summed E-state index contributed by atoms with van der Waals surface area (Å²) in [5, 5.41) is 7.21. The number of carbonyl (C=O) groups excluding carboxylic acids is 2. The lowest BCUT2D eigenvalue weighted by atomic mass is 9.79. The molecule has 1 aromatic carbocycles. The normalized spacial score (nSPS) is 14.5. The highest BCUT2D eigenvalue weighted by Gasteiger charge is 2.38. The molecule has 1 aromatic heterocycles. The molecule has 30 heavy (non-hydrogen) atoms. The number of rotatable bonds is 5. The molecule has 2 heterocycles. The van der Waals surface area contributed by atoms with Gasteiger partial charge in [-0.15, -0.1) is 11.3 Å². The van der Waals surface area contributed by atoms with Gasteiger partial charge in [0.15, 0.2) is 5.13 Å². The molecule has 0 atom stereocenters. The summed E-state index contributed by atoms with van der Waals surface area (Å²) in [5.41, 5.74) is 4.46. The van der Waals surface area contributed by atoms with E-state index in [1.54, 1.807) is 25.2 Å². The summed E-state index contributed by atoms with van der Waals surface area (Å²) in [7, 11) is 2.65. The molecule has 8 heteroatoms. The predicted octanol–water partition coefficient (Wildman–Crippen LogP) is 4.08. The van der Waals surface area contributed by atoms with Crippen LogP contribution in [0, 0.1) is 13.8 Å². The van der Waals surface area contributed by atoms with Crippen LogP contribution in [0.25, 0.3) is 0 Å². The zero-order chi connectivity index (χ0) is 22.0. The third-order valence-electron chi connectivity index (χ3n) is 5.11. The van der Waals surface area contributed by atoms with Crippen LogP contribution in [0.4, 0.5) is 10.8 Å². The van der Waals surface area contributed by atoms with Crippen LogP contribution >= 0.6 is 11.3 Å². The van der Waals surface area contributed by atoms with Gasteiger partial charge in [0.25, 0.3) is 0 Å². The van der Waals surface area contributed by atoms with Crippen molar-refractivity contribution in [3.63, 3.8) is 0 Å². The summed E-state index contributed by atoms with van der Waals surface area (Å²) in [4.78, 5) is 31.1. The Bertz CT molecular complexity index is 1010. The number of hydrogen-bond donors (Lipinski definition) is 2. The van der Waals surface area contributed by atoms with Crippen molar-refractivity contribution in [2.75, 3.05) is 19.5 Å². The summed E-state index contributed by atoms with van der Waals surface area (Å²) in [6, 6.07) is 7.55. The van der Waals surface area contributed by atoms with E-state index < -0.39 is 17.9 Å². The molecule has 158 valence electrons. The number of esters is 2. The van der Waals surface area contributed by atoms with E-state index in [0.29, 0.717) is 22.5 Å². The van der Waals surface area contributed by atoms with Crippen molar-refractivity contribution in [1.82, 2.24) is 10.3 Å². The Kier molecular flexibility index (Phi) is 6.26. The van der Waals surface area contributed by atoms with Gasteiger partial charge in [0.1, 0.15) is 0 Å². The van der Waals surface area contributed by atoms with Gasteiger partial charge in [-0.1, -0.05) is 18.2 Å². The van der Waals surface area contributed by atoms with Crippen molar-refractivity contribution in [3.05, 3.63) is 62.9 Å². The van der Waals surface area contributed by atoms with Gasteiger partial charge in [-0.2, -0.15) is 0 Å². The number of carbonyl (C=O) groups is 2. The second kappa shape index (κ2) is 8.71. The van der Waals surface area contributed by atoms with Crippen molar-refractivity contribution >= 4 is 34.1 Å². The van der Waals surface area contributed by atoms with Crippen molar-refractivity contribution in [3.8, 4) is 0 Å². The number of nitrogens with zero attached hydrogens (tertiary/aromatic N) is 1. The Morgan fingerprint density at radius 3 is 2.07 bits per heavy atom. The first kappa shape index (κ1) is 21.6. The van der Waals surface area contributed by atoms with E-state index in [-0.39, 0.29) is 0 Å². The van der Waals surface area contributed by atoms with Gasteiger partial charge in [-0.05, 0) is 39.3 Å². The first-order valence-corrected chi connectivity index (χ1v) is 10.2. The number of allylic oxidation sites excluding steroid dienone is 2. The Hall–Kier alpha value is -3.13. The van der Waals surface area contributed by atoms with Crippen LogP contribution in [0.2, 0.25) is 0 Å². The standard InChI is InChI=1S/C22H25N3O4S/c1-11-14(4)30-22(24-11)25-16-10-8-7-9-15(16)19-17(20(26)28-5)12(2)23-13(3)18(19)21(27)29-6/h7-10,19,23H,1-6H3,(H,24,25). The van der Waals surface area contributed by atoms with Gasteiger partial charge >= 0.3 is 11.9 Å². The van der Waals surface area contributed by atoms with Gasteiger partial charge in [0.05, 0.1) is 37.0 Å². The molecule has 0 amide bonds. The number of nitrogens with one attached hydrogen (secondary N) is 2. The van der Waals surface area contributed by atoms with Crippen LogP contribution in [0.5, 0.6) is 0 Å². The van der Waals surface area contributed by atoms with E-state index in [1.165, 1.54) is 14.2 Å². The summed E-state index contributed by atoms with van der Waals surface area (Å²) in [6.45, 7) is 7.55. The van der Waals surface area contributed by atoms with Crippen LogP contribution in [0.1, 0.15) is 35.9 Å². The fourth-order valence-electron chi connectivity index (χ4n) is 3.57. The first-order valence-electron chi connectivity index (χ1n) is 9.43. The molecule has 2 N–H and O–H groups in total. The van der Waals surface area contributed by atoms with E-state index in [0.717, 1.165) is 27.0 Å². The molecular formula is C22H25N3O4S. The highest BCUT2D eigenvalue weighted by atomic mass is 32.1. The number of para-hydroxylation sites is 1. The molecular weight excluding hydrogens is 402 g/mol. The minimum absolute atomic E-state index is 0.365. The molecule has 2 aromatic rings. The van der Waals surface area contributed by atoms with Crippen LogP contribution in [-0.4, -0.2) is 31.1 Å². The maximum absolute atomic E-state index is 12.7. The van der Waals surface area contributed by atoms with Crippen LogP contribution in [-0.2, 0) is 19.1 Å². The quantitative estimate of drug-likeness (QED) is 0.695. The maximum Gasteiger partial charge on any atom is 0.336 e. The van der Waals surface area contributed by atoms with Gasteiger partial charge in [0.2, 0.25) is 0 Å². The van der Waals surface area contributed by atoms with Gasteiger partial charge in [-0.25, -0.2) is 14.6 Å². The molecule has 7 nitrogen and oxygen atoms in total. The molecule has 3 rings (SSSR count). The molecule has 1 aliphatic rings. The molecule has 0 aliphatic carbocycles. The van der Waals surface area contributed by atoms with Gasteiger partial charge in [0, 0.05) is 22.0 Å². The lowest BCUT2D eigenvalue weighted by Gasteiger charge is -2.31. The number of thiazole rings is 1. The Morgan fingerprint density at radius 2 is 1.57 bits per heavy atom. The Balaban J connectivity index is 2.19. The third kappa shape index (κ3) is 3.95. The molecule has 0 unspecified atom stereocenters. The topological polar surface area (TPSA) is 89.5 Å². The molecule has 0 fully saturated rings. The minimum atomic E-state index is -0.656. The van der Waals surface area contributed by atoms with E-state index in [2.05, 4.69) is 15.6 Å². The highest BCUT2D eigenvalue weighted by molar-refractivity contribution is 7.15. The molecule has 0 bridgehead atoms. The molecule has 0 saturated carbocycles. The second-order valence-electron chi connectivity index (χ2n) is 6.99. The average molecular weight is 428 g/mol. The van der Waals surface area contributed by atoms with Crippen LogP contribution in [0.15, 0.2) is 46.8 Å². The predicted molar refractivity (Wildman–Crippen MR) is 117 cm³/mol. The summed E-state index contributed by atoms with van der Waals surface area (Å²) < 4.78 is 10.1. The van der Waals surface area contributed by atoms with Crippen molar-refractivity contribution < 1.29 is 19.1 Å². The average Bonchev–Trinajstić information content (AvgIpc) is 3.03. The molecule has 0 radical (unpaired) electrons. The summed E-state index contributed by atoms with van der Waals surface area (Å²) in [5.74, 6) is -1.67. The fraction of sp³-hybridized carbons (Fsp3) is 0.318. The summed E-state index contributed by atoms with van der Waals surface area (Å²) in [6.07, 6.45) is 0. The first-order chi connectivity index (χ1) is 14.3. The van der Waals surface area contributed by atoms with E-state index >= 15 is 0 Å². The smallest absolute Gasteiger partial charge is 0.336 e. The fourth-order valence-corrected chi connectivity index (χ4v) is 4.40. The number of hydrogen-bond acceptors (Lipinski definition) is 8. The number of aryl methyl sites for hydroxylation is 2. The number of anilines is 2. The third-order valence-corrected chi connectivity index (χ3v) is 6.10. The Morgan fingerprint density at radius 1 is 1.00 bits per heavy atom. The monoisotopic (exact) mass is 427 g/mol. The number of aromatic nitrogens is 1. The number of methoxy groups -OCH3 is 2. The lowest BCUT2D eigenvalue weighted by molar-refractivity contribution is -0.137. The van der Waals surface area contributed by atoms with Crippen molar-refractivity contribution in [1.29, 1.82) is 0 Å². The van der Waals surface area contributed by atoms with Gasteiger partial charge in [-0.3, -0.25) is 0 Å². The largest absolute Gasteiger partial charge is 0.466 e. The van der Waals surface area contributed by atoms with E-state index in [4.69, 9.17) is 9.47 Å². The summed E-state index contributed by atoms with van der Waals surface area (Å²) >= 11 is 1.55. The molecule has 0 saturated heterocycles.